The fourth-order valence-electron chi connectivity index (χ4n) is 0. The summed E-state index contributed by atoms with van der Waals surface area (Å²) < 4.78 is 0. The molecular weight excluding hydrogens is 269 g/mol. The van der Waals surface area contributed by atoms with Gasteiger partial charge in [0.25, 0.3) is 0 Å². The van der Waals surface area contributed by atoms with Gasteiger partial charge >= 0.3 is 69.2 Å². The van der Waals surface area contributed by atoms with Crippen molar-refractivity contribution in [3.8, 4) is 0 Å². The van der Waals surface area contributed by atoms with E-state index in [0.717, 1.165) is 0 Å². The van der Waals surface area contributed by atoms with Gasteiger partial charge in [0.1, 0.15) is 0 Å². The first-order valence-electron chi connectivity index (χ1n) is 0. The van der Waals surface area contributed by atoms with Crippen LogP contribution in [-0.4, -0.2) is 0 Å². The van der Waals surface area contributed by atoms with Crippen molar-refractivity contribution in [3.63, 3.8) is 0 Å². The van der Waals surface area contributed by atoms with Crippen LogP contribution in [0.15, 0.2) is 0 Å². The average Bonchev–Trinajstić information content (AvgIpc) is 0. The van der Waals surface area contributed by atoms with Gasteiger partial charge in [-0.25, -0.2) is 0 Å². The second kappa shape index (κ2) is 19.1. The van der Waals surface area contributed by atoms with Crippen molar-refractivity contribution in [1.29, 1.82) is 0 Å². The molecule has 0 aliphatic carbocycles. The van der Waals surface area contributed by atoms with Crippen molar-refractivity contribution in [2.75, 3.05) is 0 Å². The Bertz CT molecular complexity index is 8.00. The molecular formula is FeLaNiO+5. The van der Waals surface area contributed by atoms with Gasteiger partial charge < -0.3 is 5.48 Å². The van der Waals surface area contributed by atoms with Gasteiger partial charge in [0.05, 0.1) is 0 Å². The Morgan fingerprint density at radius 1 is 1.00 bits per heavy atom. The monoisotopic (exact) mass is 269 g/mol. The van der Waals surface area contributed by atoms with Crippen molar-refractivity contribution in [2.24, 2.45) is 0 Å². The number of hydrogen-bond donors (Lipinski definition) is 0. The zero-order valence-corrected chi connectivity index (χ0v) is 7.37. The van der Waals surface area contributed by atoms with Gasteiger partial charge in [-0.2, -0.15) is 0 Å². The summed E-state index contributed by atoms with van der Waals surface area (Å²) in [5, 5.41) is 0. The van der Waals surface area contributed by atoms with E-state index in [9.17, 15) is 0 Å². The summed E-state index contributed by atoms with van der Waals surface area (Å²) >= 11 is 0. The van der Waals surface area contributed by atoms with E-state index in [1.54, 1.807) is 0 Å². The molecule has 4 heavy (non-hydrogen) atoms. The minimum absolute atomic E-state index is 0. The molecule has 0 amide bonds. The molecule has 0 aliphatic rings. The van der Waals surface area contributed by atoms with E-state index in [1.165, 1.54) is 0 Å². The van der Waals surface area contributed by atoms with Crippen molar-refractivity contribution in [3.05, 3.63) is 0 Å². The van der Waals surface area contributed by atoms with E-state index >= 15 is 0 Å². The third-order valence-corrected chi connectivity index (χ3v) is 0. The molecule has 4 heteroatoms. The molecule has 0 heterocycles. The van der Waals surface area contributed by atoms with Gasteiger partial charge in [0.2, 0.25) is 0 Å². The van der Waals surface area contributed by atoms with E-state index in [1.807, 2.05) is 0 Å². The van der Waals surface area contributed by atoms with E-state index < -0.39 is 0 Å². The van der Waals surface area contributed by atoms with Crippen LogP contribution in [0.25, 0.3) is 0 Å². The van der Waals surface area contributed by atoms with Crippen molar-refractivity contribution < 1.29 is 74.6 Å². The predicted molar refractivity (Wildman–Crippen MR) is 0.686 cm³/mol. The Balaban J connectivity index is 0. The summed E-state index contributed by atoms with van der Waals surface area (Å²) in [6, 6.07) is 0. The maximum atomic E-state index is 0. The Labute approximate surface area is 73.6 Å². The van der Waals surface area contributed by atoms with Gasteiger partial charge in [0, 0.05) is 0 Å². The smallest absolute Gasteiger partial charge is 2.00 e. The summed E-state index contributed by atoms with van der Waals surface area (Å²) in [5.41, 5.74) is 0. The zero-order valence-electron chi connectivity index (χ0n) is 1.66. The quantitative estimate of drug-likeness (QED) is 0.549. The van der Waals surface area contributed by atoms with Gasteiger partial charge in [0.15, 0.2) is 0 Å². The van der Waals surface area contributed by atoms with E-state index in [4.69, 9.17) is 0 Å². The second-order valence-corrected chi connectivity index (χ2v) is 0. The minimum atomic E-state index is 0. The Hall–Kier alpha value is 2.17. The summed E-state index contributed by atoms with van der Waals surface area (Å²) in [4.78, 5) is 0. The maximum absolute atomic E-state index is 0. The number of hydrogen-bond acceptors (Lipinski definition) is 0. The molecule has 0 atom stereocenters. The fourth-order valence-corrected chi connectivity index (χ4v) is 0. The molecule has 0 aromatic carbocycles. The molecule has 0 rings (SSSR count). The van der Waals surface area contributed by atoms with Crippen LogP contribution in [0.2, 0.25) is 0 Å². The van der Waals surface area contributed by atoms with Crippen molar-refractivity contribution in [2.45, 2.75) is 0 Å². The molecule has 22 valence electrons. The van der Waals surface area contributed by atoms with Gasteiger partial charge in [-0.15, -0.1) is 0 Å². The maximum Gasteiger partial charge on any atom is 3.00 e. The van der Waals surface area contributed by atoms with Crippen LogP contribution in [0.3, 0.4) is 0 Å². The van der Waals surface area contributed by atoms with Crippen LogP contribution >= 0.6 is 0 Å². The first-order valence-corrected chi connectivity index (χ1v) is 0. The topological polar surface area (TPSA) is 28.5 Å². The molecule has 0 unspecified atom stereocenters. The van der Waals surface area contributed by atoms with Crippen LogP contribution in [0.1, 0.15) is 0 Å². The van der Waals surface area contributed by atoms with Crippen molar-refractivity contribution >= 4 is 0 Å². The van der Waals surface area contributed by atoms with E-state index in [-0.39, 0.29) is 74.6 Å². The van der Waals surface area contributed by atoms with Crippen LogP contribution < -0.4 is 0 Å². The minimum Gasteiger partial charge on any atom is -2.00 e. The van der Waals surface area contributed by atoms with E-state index in [2.05, 4.69) is 0 Å². The van der Waals surface area contributed by atoms with Gasteiger partial charge in [-0.3, -0.25) is 0 Å². The summed E-state index contributed by atoms with van der Waals surface area (Å²) in [6.45, 7) is 0. The largest absolute Gasteiger partial charge is 3.00 e. The normalized spacial score (nSPS) is 0. The van der Waals surface area contributed by atoms with E-state index in [0.29, 0.717) is 0 Å². The Morgan fingerprint density at radius 3 is 1.00 bits per heavy atom. The second-order valence-electron chi connectivity index (χ2n) is 0. The molecule has 1 nitrogen and oxygen atoms in total. The van der Waals surface area contributed by atoms with Crippen molar-refractivity contribution in [1.82, 2.24) is 0 Å². The van der Waals surface area contributed by atoms with Crippen LogP contribution in [0, 0.1) is 35.6 Å². The molecule has 0 radical (unpaired) electrons. The molecule has 0 saturated heterocycles. The molecule has 0 aromatic rings. The molecule has 0 spiro atoms. The van der Waals surface area contributed by atoms with Crippen LogP contribution in [0.4, 0.5) is 0 Å². The van der Waals surface area contributed by atoms with Gasteiger partial charge in [-0.1, -0.05) is 0 Å². The third-order valence-electron chi connectivity index (χ3n) is 0. The standard InChI is InChI=1S/Fe.La.Ni.O/q+2;+3;+2;-2. The fraction of sp³-hybridized carbons (Fsp3) is 0. The molecule has 0 saturated carbocycles. The zero-order chi connectivity index (χ0) is 0. The third kappa shape index (κ3) is 8.90. The Kier molecular flexibility index (Phi) is 167. The first kappa shape index (κ1) is 35.1. The molecule has 0 bridgehead atoms. The SMILES string of the molecule is [Fe+2].[La+3].[Ni+2].[O-2]. The summed E-state index contributed by atoms with van der Waals surface area (Å²) in [7, 11) is 0. The molecule has 0 N–H and O–H groups in total. The van der Waals surface area contributed by atoms with Gasteiger partial charge in [-0.05, 0) is 0 Å². The number of rotatable bonds is 0. The summed E-state index contributed by atoms with van der Waals surface area (Å²) in [6.07, 6.45) is 0. The molecule has 0 aliphatic heterocycles. The Morgan fingerprint density at radius 2 is 1.00 bits per heavy atom. The summed E-state index contributed by atoms with van der Waals surface area (Å²) in [5.74, 6) is 0. The predicted octanol–water partition coefficient (Wildman–Crippen LogP) is -0.124. The molecule has 0 fully saturated rings. The molecule has 0 aromatic heterocycles. The van der Waals surface area contributed by atoms with Crippen LogP contribution in [-0.2, 0) is 39.0 Å². The average molecular weight is 269 g/mol. The van der Waals surface area contributed by atoms with Crippen LogP contribution in [0.5, 0.6) is 0 Å². The first-order chi connectivity index (χ1) is 0.